The first kappa shape index (κ1) is 19.0. The van der Waals surface area contributed by atoms with Crippen LogP contribution in [0.5, 0.6) is 0 Å². The molecule has 1 aliphatic heterocycles. The number of nitrogens with zero attached hydrogens (tertiary/aromatic N) is 1. The molecule has 0 aromatic heterocycles. The van der Waals surface area contributed by atoms with Gasteiger partial charge in [0.1, 0.15) is 0 Å². The number of benzene rings is 2. The van der Waals surface area contributed by atoms with Crippen LogP contribution in [0.3, 0.4) is 0 Å². The molecule has 2 amide bonds. The fourth-order valence-electron chi connectivity index (χ4n) is 2.79. The molecule has 1 aliphatic rings. The largest absolute Gasteiger partial charge is 0.272 e. The summed E-state index contributed by atoms with van der Waals surface area (Å²) in [6.45, 7) is 5.88. The highest BCUT2D eigenvalue weighted by Gasteiger charge is 2.41. The molecule has 0 atom stereocenters. The van der Waals surface area contributed by atoms with Crippen molar-refractivity contribution in [2.75, 3.05) is 4.90 Å². The van der Waals surface area contributed by atoms with Crippen LogP contribution in [-0.4, -0.2) is 17.1 Å². The van der Waals surface area contributed by atoms with Crippen molar-refractivity contribution in [3.05, 3.63) is 68.5 Å². The number of carbonyl (C=O) groups excluding carboxylic acids is 2. The predicted molar refractivity (Wildman–Crippen MR) is 110 cm³/mol. The highest BCUT2D eigenvalue weighted by Crippen LogP contribution is 2.42. The van der Waals surface area contributed by atoms with Gasteiger partial charge in [0.15, 0.2) is 0 Å². The molecule has 0 radical (unpaired) electrons. The lowest BCUT2D eigenvalue weighted by Gasteiger charge is -2.16. The number of halogens is 2. The van der Waals surface area contributed by atoms with E-state index in [0.717, 1.165) is 5.56 Å². The van der Waals surface area contributed by atoms with E-state index in [1.807, 2.05) is 39.0 Å². The highest BCUT2D eigenvalue weighted by atomic mass is 35.5. The average Bonchev–Trinajstić information content (AvgIpc) is 2.78. The molecule has 2 aromatic rings. The summed E-state index contributed by atoms with van der Waals surface area (Å²) in [4.78, 5) is 27.9. The SMILES string of the molecule is Cc1cccc(N2C(=O)C(SC(C)C)=C(c3ccc(Cl)cc3Cl)C2=O)c1. The molecule has 134 valence electrons. The minimum atomic E-state index is -0.368. The molecule has 0 saturated carbocycles. The Morgan fingerprint density at radius 2 is 1.73 bits per heavy atom. The second-order valence-electron chi connectivity index (χ2n) is 6.28. The quantitative estimate of drug-likeness (QED) is 0.609. The molecule has 0 aliphatic carbocycles. The van der Waals surface area contributed by atoms with Gasteiger partial charge in [-0.3, -0.25) is 9.59 Å². The van der Waals surface area contributed by atoms with Crippen molar-refractivity contribution >= 4 is 58.0 Å². The van der Waals surface area contributed by atoms with Crippen molar-refractivity contribution in [1.82, 2.24) is 0 Å². The zero-order valence-electron chi connectivity index (χ0n) is 14.5. The molecule has 2 aromatic carbocycles. The number of anilines is 1. The molecule has 0 spiro atoms. The molecule has 26 heavy (non-hydrogen) atoms. The van der Waals surface area contributed by atoms with Gasteiger partial charge in [-0.05, 0) is 36.8 Å². The van der Waals surface area contributed by atoms with Crippen LogP contribution in [0.25, 0.3) is 5.57 Å². The molecular weight excluding hydrogens is 389 g/mol. The Morgan fingerprint density at radius 3 is 2.35 bits per heavy atom. The minimum Gasteiger partial charge on any atom is -0.268 e. The van der Waals surface area contributed by atoms with Gasteiger partial charge in [-0.1, -0.05) is 55.2 Å². The predicted octanol–water partition coefficient (Wildman–Crippen LogP) is 5.73. The Hall–Kier alpha value is -1.75. The third-order valence-corrected chi connectivity index (χ3v) is 5.49. The van der Waals surface area contributed by atoms with Crippen molar-refractivity contribution < 1.29 is 9.59 Å². The lowest BCUT2D eigenvalue weighted by molar-refractivity contribution is -0.119. The number of amides is 2. The summed E-state index contributed by atoms with van der Waals surface area (Å²) in [5.74, 6) is -0.687. The third kappa shape index (κ3) is 3.54. The standard InChI is InChI=1S/C20H17Cl2NO2S/c1-11(2)26-18-17(15-8-7-13(21)10-16(15)22)19(24)23(20(18)25)14-6-4-5-12(3)9-14/h4-11H,1-3H3. The third-order valence-electron chi connectivity index (χ3n) is 3.86. The monoisotopic (exact) mass is 405 g/mol. The van der Waals surface area contributed by atoms with Crippen molar-refractivity contribution in [2.45, 2.75) is 26.0 Å². The lowest BCUT2D eigenvalue weighted by atomic mass is 10.1. The van der Waals surface area contributed by atoms with Crippen molar-refractivity contribution in [3.8, 4) is 0 Å². The van der Waals surface area contributed by atoms with Crippen LogP contribution < -0.4 is 4.90 Å². The second-order valence-corrected chi connectivity index (χ2v) is 8.71. The first-order valence-corrected chi connectivity index (χ1v) is 9.75. The zero-order valence-corrected chi connectivity index (χ0v) is 16.9. The Balaban J connectivity index is 2.16. The van der Waals surface area contributed by atoms with E-state index in [1.54, 1.807) is 24.3 Å². The maximum atomic E-state index is 13.2. The van der Waals surface area contributed by atoms with Crippen LogP contribution >= 0.6 is 35.0 Å². The maximum absolute atomic E-state index is 13.2. The molecule has 0 unspecified atom stereocenters. The highest BCUT2D eigenvalue weighted by molar-refractivity contribution is 8.04. The van der Waals surface area contributed by atoms with Gasteiger partial charge in [-0.25, -0.2) is 4.90 Å². The molecule has 0 saturated heterocycles. The molecule has 0 fully saturated rings. The van der Waals surface area contributed by atoms with Crippen LogP contribution in [0.4, 0.5) is 5.69 Å². The summed E-state index contributed by atoms with van der Waals surface area (Å²) >= 11 is 13.7. The van der Waals surface area contributed by atoms with Gasteiger partial charge in [0.2, 0.25) is 0 Å². The van der Waals surface area contributed by atoms with Crippen LogP contribution in [0.15, 0.2) is 47.4 Å². The van der Waals surface area contributed by atoms with Crippen LogP contribution in [-0.2, 0) is 9.59 Å². The van der Waals surface area contributed by atoms with E-state index in [2.05, 4.69) is 0 Å². The van der Waals surface area contributed by atoms with E-state index in [4.69, 9.17) is 23.2 Å². The fourth-order valence-corrected chi connectivity index (χ4v) is 4.27. The lowest BCUT2D eigenvalue weighted by Crippen LogP contribution is -2.31. The molecule has 0 N–H and O–H groups in total. The van der Waals surface area contributed by atoms with Crippen molar-refractivity contribution in [2.24, 2.45) is 0 Å². The number of hydrogen-bond acceptors (Lipinski definition) is 3. The van der Waals surface area contributed by atoms with Gasteiger partial charge in [-0.2, -0.15) is 0 Å². The van der Waals surface area contributed by atoms with Gasteiger partial charge >= 0.3 is 0 Å². The molecule has 3 nitrogen and oxygen atoms in total. The van der Waals surface area contributed by atoms with Crippen LogP contribution in [0, 0.1) is 6.92 Å². The molecule has 0 bridgehead atoms. The Bertz CT molecular complexity index is 937. The van der Waals surface area contributed by atoms with Gasteiger partial charge in [0, 0.05) is 15.8 Å². The number of hydrogen-bond donors (Lipinski definition) is 0. The Morgan fingerprint density at radius 1 is 1.00 bits per heavy atom. The van der Waals surface area contributed by atoms with E-state index in [-0.39, 0.29) is 17.1 Å². The van der Waals surface area contributed by atoms with E-state index >= 15 is 0 Å². The maximum Gasteiger partial charge on any atom is 0.272 e. The fraction of sp³-hybridized carbons (Fsp3) is 0.200. The summed E-state index contributed by atoms with van der Waals surface area (Å²) in [7, 11) is 0. The summed E-state index contributed by atoms with van der Waals surface area (Å²) in [5, 5.41) is 0.964. The van der Waals surface area contributed by atoms with Gasteiger partial charge in [-0.15, -0.1) is 11.8 Å². The summed E-state index contributed by atoms with van der Waals surface area (Å²) in [6.07, 6.45) is 0. The smallest absolute Gasteiger partial charge is 0.268 e. The topological polar surface area (TPSA) is 37.4 Å². The summed E-state index contributed by atoms with van der Waals surface area (Å²) < 4.78 is 0. The molecule has 3 rings (SSSR count). The zero-order chi connectivity index (χ0) is 19.0. The van der Waals surface area contributed by atoms with Crippen LogP contribution in [0.2, 0.25) is 10.0 Å². The van der Waals surface area contributed by atoms with E-state index < -0.39 is 0 Å². The summed E-state index contributed by atoms with van der Waals surface area (Å²) in [6, 6.07) is 12.3. The number of imide groups is 1. The van der Waals surface area contributed by atoms with Crippen molar-refractivity contribution in [3.63, 3.8) is 0 Å². The van der Waals surface area contributed by atoms with Gasteiger partial charge < -0.3 is 0 Å². The first-order valence-electron chi connectivity index (χ1n) is 8.11. The molecular formula is C20H17Cl2NO2S. The van der Waals surface area contributed by atoms with E-state index in [0.29, 0.717) is 31.8 Å². The Kier molecular flexibility index (Phi) is 5.47. The average molecular weight is 406 g/mol. The number of rotatable bonds is 4. The first-order chi connectivity index (χ1) is 12.3. The number of aryl methyl sites for hydroxylation is 1. The normalized spacial score (nSPS) is 14.8. The summed E-state index contributed by atoms with van der Waals surface area (Å²) in [5.41, 5.74) is 2.38. The van der Waals surface area contributed by atoms with Crippen molar-refractivity contribution in [1.29, 1.82) is 0 Å². The number of carbonyl (C=O) groups is 2. The number of thioether (sulfide) groups is 1. The van der Waals surface area contributed by atoms with Gasteiger partial charge in [0.25, 0.3) is 11.8 Å². The van der Waals surface area contributed by atoms with E-state index in [1.165, 1.54) is 16.7 Å². The Labute approximate surface area is 167 Å². The molecule has 1 heterocycles. The van der Waals surface area contributed by atoms with Crippen LogP contribution in [0.1, 0.15) is 25.0 Å². The second kappa shape index (κ2) is 7.47. The minimum absolute atomic E-state index is 0.139. The van der Waals surface area contributed by atoms with Gasteiger partial charge in [0.05, 0.1) is 21.2 Å². The van der Waals surface area contributed by atoms with E-state index in [9.17, 15) is 9.59 Å². The molecule has 6 heteroatoms.